The van der Waals surface area contributed by atoms with E-state index in [1.165, 1.54) is 38.8 Å². The van der Waals surface area contributed by atoms with Gasteiger partial charge < -0.3 is 9.32 Å². The predicted molar refractivity (Wildman–Crippen MR) is 189 cm³/mol. The minimum Gasteiger partial charge on any atom is -0.455 e. The summed E-state index contributed by atoms with van der Waals surface area (Å²) in [5.41, 5.74) is 13.0. The van der Waals surface area contributed by atoms with Gasteiger partial charge in [-0.25, -0.2) is 0 Å². The van der Waals surface area contributed by atoms with Gasteiger partial charge in [-0.1, -0.05) is 117 Å². The van der Waals surface area contributed by atoms with E-state index in [4.69, 9.17) is 4.42 Å². The Morgan fingerprint density at radius 3 is 2.04 bits per heavy atom. The molecule has 0 N–H and O–H groups in total. The number of fused-ring (bicyclic) bond motifs is 8. The second kappa shape index (κ2) is 9.70. The minimum atomic E-state index is -0.0640. The van der Waals surface area contributed by atoms with E-state index in [-0.39, 0.29) is 5.41 Å². The Balaban J connectivity index is 1.17. The first-order chi connectivity index (χ1) is 22.1. The first kappa shape index (κ1) is 25.9. The molecule has 0 saturated carbocycles. The summed E-state index contributed by atoms with van der Waals surface area (Å²) in [4.78, 5) is 2.36. The quantitative estimate of drug-likeness (QED) is 0.207. The highest BCUT2D eigenvalue weighted by atomic mass is 16.3. The van der Waals surface area contributed by atoms with Crippen LogP contribution in [0.25, 0.3) is 55.0 Å². The van der Waals surface area contributed by atoms with Gasteiger partial charge in [0.05, 0.1) is 0 Å². The summed E-state index contributed by atoms with van der Waals surface area (Å²) in [5.74, 6) is 0. The third-order valence-electron chi connectivity index (χ3n) is 9.66. The van der Waals surface area contributed by atoms with Crippen molar-refractivity contribution in [3.05, 3.63) is 163 Å². The molecule has 8 aromatic rings. The van der Waals surface area contributed by atoms with Crippen molar-refractivity contribution in [1.29, 1.82) is 0 Å². The molecule has 0 spiro atoms. The fraction of sp³-hybridized carbons (Fsp3) is 0.0698. The van der Waals surface area contributed by atoms with Crippen LogP contribution in [0.3, 0.4) is 0 Å². The van der Waals surface area contributed by atoms with Gasteiger partial charge in [0, 0.05) is 38.6 Å². The fourth-order valence-corrected chi connectivity index (χ4v) is 7.44. The van der Waals surface area contributed by atoms with E-state index in [1.54, 1.807) is 0 Å². The molecule has 45 heavy (non-hydrogen) atoms. The number of hydrogen-bond acceptors (Lipinski definition) is 2. The van der Waals surface area contributed by atoms with E-state index in [0.29, 0.717) is 0 Å². The van der Waals surface area contributed by atoms with Crippen LogP contribution < -0.4 is 4.90 Å². The summed E-state index contributed by atoms with van der Waals surface area (Å²) in [6, 6.07) is 54.6. The monoisotopic (exact) mass is 577 g/mol. The van der Waals surface area contributed by atoms with Crippen molar-refractivity contribution in [3.8, 4) is 22.3 Å². The van der Waals surface area contributed by atoms with Gasteiger partial charge in [0.2, 0.25) is 0 Å². The number of hydrogen-bond donors (Lipinski definition) is 0. The molecule has 2 nitrogen and oxygen atoms in total. The van der Waals surface area contributed by atoms with Gasteiger partial charge in [0.1, 0.15) is 11.2 Å². The van der Waals surface area contributed by atoms with Crippen molar-refractivity contribution in [3.63, 3.8) is 0 Å². The summed E-state index contributed by atoms with van der Waals surface area (Å²) in [5, 5.41) is 4.64. The van der Waals surface area contributed by atoms with Crippen molar-refractivity contribution >= 4 is 49.8 Å². The van der Waals surface area contributed by atoms with Crippen molar-refractivity contribution in [2.45, 2.75) is 19.3 Å². The molecule has 0 unspecified atom stereocenters. The molecular weight excluding hydrogens is 546 g/mol. The summed E-state index contributed by atoms with van der Waals surface area (Å²) in [6.45, 7) is 4.68. The van der Waals surface area contributed by atoms with E-state index in [0.717, 1.165) is 44.4 Å². The standard InChI is InChI=1S/C43H31NO/c1-43(2)38-17-9-8-15-35(38)36-26-24-32(27-39(36)43)44(30-12-4-3-5-13-30)31-22-19-29(20-23-31)33-16-10-18-40-41(33)37-25-21-28-11-6-7-14-34(28)42(37)45-40/h3-27H,1-2H3. The molecule has 0 bridgehead atoms. The molecule has 0 radical (unpaired) electrons. The fourth-order valence-electron chi connectivity index (χ4n) is 7.44. The molecule has 7 aromatic carbocycles. The topological polar surface area (TPSA) is 16.4 Å². The second-order valence-corrected chi connectivity index (χ2v) is 12.6. The first-order valence-corrected chi connectivity index (χ1v) is 15.6. The van der Waals surface area contributed by atoms with Gasteiger partial charge in [-0.2, -0.15) is 0 Å². The number of benzene rings is 7. The molecule has 2 heteroatoms. The Bertz CT molecular complexity index is 2400. The number of anilines is 3. The van der Waals surface area contributed by atoms with E-state index in [2.05, 4.69) is 170 Å². The predicted octanol–water partition coefficient (Wildman–Crippen LogP) is 12.2. The zero-order valence-electron chi connectivity index (χ0n) is 25.3. The van der Waals surface area contributed by atoms with E-state index < -0.39 is 0 Å². The number of rotatable bonds is 4. The molecule has 9 rings (SSSR count). The molecule has 0 amide bonds. The highest BCUT2D eigenvalue weighted by molar-refractivity contribution is 6.19. The molecule has 0 saturated heterocycles. The van der Waals surface area contributed by atoms with Crippen LogP contribution in [0.2, 0.25) is 0 Å². The molecule has 0 fully saturated rings. The van der Waals surface area contributed by atoms with Gasteiger partial charge in [0.25, 0.3) is 0 Å². The lowest BCUT2D eigenvalue weighted by molar-refractivity contribution is 0.660. The lowest BCUT2D eigenvalue weighted by atomic mass is 9.82. The summed E-state index contributed by atoms with van der Waals surface area (Å²) in [7, 11) is 0. The average molecular weight is 578 g/mol. The van der Waals surface area contributed by atoms with Crippen LogP contribution in [-0.4, -0.2) is 0 Å². The zero-order valence-corrected chi connectivity index (χ0v) is 25.3. The van der Waals surface area contributed by atoms with Crippen LogP contribution in [-0.2, 0) is 5.41 Å². The van der Waals surface area contributed by atoms with Crippen LogP contribution in [0.15, 0.2) is 156 Å². The van der Waals surface area contributed by atoms with Gasteiger partial charge in [0.15, 0.2) is 0 Å². The zero-order chi connectivity index (χ0) is 30.1. The van der Waals surface area contributed by atoms with Crippen molar-refractivity contribution in [2.75, 3.05) is 4.90 Å². The maximum atomic E-state index is 6.47. The first-order valence-electron chi connectivity index (χ1n) is 15.6. The molecular formula is C43H31NO. The Kier molecular flexibility index (Phi) is 5.58. The largest absolute Gasteiger partial charge is 0.455 e. The SMILES string of the molecule is CC1(C)c2ccccc2-c2ccc(N(c3ccccc3)c3ccc(-c4cccc5oc6c7ccccc7ccc6c45)cc3)cc21. The summed E-state index contributed by atoms with van der Waals surface area (Å²) >= 11 is 0. The Morgan fingerprint density at radius 2 is 1.18 bits per heavy atom. The molecule has 1 aromatic heterocycles. The lowest BCUT2D eigenvalue weighted by Gasteiger charge is -2.28. The van der Waals surface area contributed by atoms with E-state index in [9.17, 15) is 0 Å². The molecule has 1 heterocycles. The number of para-hydroxylation sites is 1. The van der Waals surface area contributed by atoms with Crippen LogP contribution >= 0.6 is 0 Å². The van der Waals surface area contributed by atoms with Crippen LogP contribution in [0.4, 0.5) is 17.1 Å². The molecule has 0 atom stereocenters. The van der Waals surface area contributed by atoms with Gasteiger partial charge >= 0.3 is 0 Å². The summed E-state index contributed by atoms with van der Waals surface area (Å²) < 4.78 is 6.47. The third kappa shape index (κ3) is 3.89. The van der Waals surface area contributed by atoms with Gasteiger partial charge in [-0.05, 0) is 87.3 Å². The van der Waals surface area contributed by atoms with Crippen molar-refractivity contribution < 1.29 is 4.42 Å². The second-order valence-electron chi connectivity index (χ2n) is 12.6. The highest BCUT2D eigenvalue weighted by Crippen LogP contribution is 2.50. The number of furan rings is 1. The van der Waals surface area contributed by atoms with Gasteiger partial charge in [-0.15, -0.1) is 0 Å². The highest BCUT2D eigenvalue weighted by Gasteiger charge is 2.35. The van der Waals surface area contributed by atoms with Crippen molar-refractivity contribution in [2.24, 2.45) is 0 Å². The molecule has 214 valence electrons. The lowest BCUT2D eigenvalue weighted by Crippen LogP contribution is -2.16. The Labute approximate surface area is 262 Å². The van der Waals surface area contributed by atoms with Crippen LogP contribution in [0.5, 0.6) is 0 Å². The van der Waals surface area contributed by atoms with Gasteiger partial charge in [-0.3, -0.25) is 0 Å². The van der Waals surface area contributed by atoms with E-state index in [1.807, 2.05) is 0 Å². The maximum absolute atomic E-state index is 6.47. The van der Waals surface area contributed by atoms with Crippen molar-refractivity contribution in [1.82, 2.24) is 0 Å². The average Bonchev–Trinajstić information content (AvgIpc) is 3.59. The minimum absolute atomic E-state index is 0.0640. The van der Waals surface area contributed by atoms with E-state index >= 15 is 0 Å². The molecule has 1 aliphatic carbocycles. The third-order valence-corrected chi connectivity index (χ3v) is 9.66. The normalized spacial score (nSPS) is 13.3. The van der Waals surface area contributed by atoms with Crippen LogP contribution in [0.1, 0.15) is 25.0 Å². The molecule has 0 aliphatic heterocycles. The Morgan fingerprint density at radius 1 is 0.489 bits per heavy atom. The number of nitrogens with zero attached hydrogens (tertiary/aromatic N) is 1. The van der Waals surface area contributed by atoms with Crippen LogP contribution in [0, 0.1) is 0 Å². The Hall–Kier alpha value is -5.60. The summed E-state index contributed by atoms with van der Waals surface area (Å²) in [6.07, 6.45) is 0. The molecule has 1 aliphatic rings. The maximum Gasteiger partial charge on any atom is 0.143 e. The smallest absolute Gasteiger partial charge is 0.143 e.